The molecule has 3 saturated heterocycles. The number of urea groups is 1. The van der Waals surface area contributed by atoms with Crippen molar-refractivity contribution in [3.8, 4) is 0 Å². The maximum Gasteiger partial charge on any atom is 0.317 e. The third-order valence-electron chi connectivity index (χ3n) is 4.82. The second kappa shape index (κ2) is 7.03. The second-order valence-corrected chi connectivity index (χ2v) is 7.61. The zero-order valence-corrected chi connectivity index (χ0v) is 13.0. The van der Waals surface area contributed by atoms with Gasteiger partial charge in [-0.1, -0.05) is 0 Å². The summed E-state index contributed by atoms with van der Waals surface area (Å²) < 4.78 is 5.78. The summed E-state index contributed by atoms with van der Waals surface area (Å²) in [6.07, 6.45) is 7.67. The normalized spacial score (nSPS) is 31.7. The fraction of sp³-hybridized carbons (Fsp3) is 0.933. The van der Waals surface area contributed by atoms with Gasteiger partial charge in [-0.3, -0.25) is 0 Å². The van der Waals surface area contributed by atoms with E-state index in [9.17, 15) is 4.79 Å². The summed E-state index contributed by atoms with van der Waals surface area (Å²) in [7, 11) is 0. The number of nitrogens with one attached hydrogen (secondary N) is 1. The molecule has 0 spiro atoms. The molecule has 0 aromatic heterocycles. The van der Waals surface area contributed by atoms with Crippen LogP contribution in [-0.2, 0) is 4.74 Å². The Morgan fingerprint density at radius 1 is 1.20 bits per heavy atom. The van der Waals surface area contributed by atoms with Gasteiger partial charge in [0.2, 0.25) is 0 Å². The second-order valence-electron chi connectivity index (χ2n) is 6.20. The van der Waals surface area contributed by atoms with E-state index in [0.717, 1.165) is 39.1 Å². The van der Waals surface area contributed by atoms with Gasteiger partial charge in [0.05, 0.1) is 6.10 Å². The average molecular weight is 298 g/mol. The lowest BCUT2D eigenvalue weighted by Crippen LogP contribution is -2.47. The lowest BCUT2D eigenvalue weighted by molar-refractivity contribution is 0.0372. The molecule has 0 aliphatic carbocycles. The molecule has 0 bridgehead atoms. The molecule has 0 radical (unpaired) electrons. The van der Waals surface area contributed by atoms with E-state index in [1.165, 1.54) is 31.4 Å². The Morgan fingerprint density at radius 2 is 2.05 bits per heavy atom. The highest BCUT2D eigenvalue weighted by molar-refractivity contribution is 8.00. The van der Waals surface area contributed by atoms with Crippen LogP contribution in [0.25, 0.3) is 0 Å². The van der Waals surface area contributed by atoms with Crippen molar-refractivity contribution in [2.45, 2.75) is 49.9 Å². The molecular formula is C15H26N2O2S. The number of amides is 2. The molecule has 0 aromatic rings. The van der Waals surface area contributed by atoms with Gasteiger partial charge in [0.15, 0.2) is 0 Å². The van der Waals surface area contributed by atoms with E-state index in [0.29, 0.717) is 17.3 Å². The molecule has 3 heterocycles. The molecule has 2 amide bonds. The van der Waals surface area contributed by atoms with Crippen molar-refractivity contribution in [3.05, 3.63) is 0 Å². The molecule has 1 N–H and O–H groups in total. The summed E-state index contributed by atoms with van der Waals surface area (Å²) in [4.78, 5) is 14.1. The van der Waals surface area contributed by atoms with Crippen LogP contribution in [0.5, 0.6) is 0 Å². The van der Waals surface area contributed by atoms with Crippen molar-refractivity contribution in [2.24, 2.45) is 5.92 Å². The number of carbonyl (C=O) groups excluding carboxylic acids is 1. The van der Waals surface area contributed by atoms with Crippen LogP contribution in [0.2, 0.25) is 0 Å². The molecule has 3 rings (SSSR count). The highest BCUT2D eigenvalue weighted by Crippen LogP contribution is 2.29. The van der Waals surface area contributed by atoms with Gasteiger partial charge in [0, 0.05) is 31.5 Å². The predicted octanol–water partition coefficient (Wildman–Crippen LogP) is 2.48. The van der Waals surface area contributed by atoms with E-state index in [4.69, 9.17) is 4.74 Å². The minimum absolute atomic E-state index is 0.142. The van der Waals surface area contributed by atoms with E-state index in [1.54, 1.807) is 0 Å². The van der Waals surface area contributed by atoms with E-state index in [2.05, 4.69) is 5.32 Å². The number of hydrogen-bond donors (Lipinski definition) is 1. The molecule has 2 atom stereocenters. The lowest BCUT2D eigenvalue weighted by Gasteiger charge is -2.34. The largest absolute Gasteiger partial charge is 0.378 e. The number of thioether (sulfide) groups is 1. The van der Waals surface area contributed by atoms with Gasteiger partial charge < -0.3 is 15.0 Å². The maximum absolute atomic E-state index is 12.2. The molecule has 114 valence electrons. The number of ether oxygens (including phenoxy) is 1. The van der Waals surface area contributed by atoms with Crippen molar-refractivity contribution < 1.29 is 9.53 Å². The first-order valence-electron chi connectivity index (χ1n) is 8.09. The molecule has 3 aliphatic rings. The first kappa shape index (κ1) is 14.5. The van der Waals surface area contributed by atoms with Gasteiger partial charge in [-0.2, -0.15) is 11.8 Å². The standard InChI is InChI=1S/C15H26N2O2S/c18-15(16-11-13-3-2-10-20-13)17-7-5-12(6-8-17)14-4-1-9-19-14/h12-14H,1-11H2,(H,16,18)/t13-,14+/m1/s1. The van der Waals surface area contributed by atoms with Crippen molar-refractivity contribution in [1.29, 1.82) is 0 Å². The summed E-state index contributed by atoms with van der Waals surface area (Å²) in [6.45, 7) is 3.57. The third kappa shape index (κ3) is 3.61. The predicted molar refractivity (Wildman–Crippen MR) is 82.1 cm³/mol. The Hall–Kier alpha value is -0.420. The van der Waals surface area contributed by atoms with Crippen LogP contribution in [0.4, 0.5) is 4.79 Å². The maximum atomic E-state index is 12.2. The van der Waals surface area contributed by atoms with E-state index >= 15 is 0 Å². The third-order valence-corrected chi connectivity index (χ3v) is 6.22. The Morgan fingerprint density at radius 3 is 2.70 bits per heavy atom. The number of carbonyl (C=O) groups is 1. The van der Waals surface area contributed by atoms with Crippen molar-refractivity contribution in [3.63, 3.8) is 0 Å². The van der Waals surface area contributed by atoms with Gasteiger partial charge in [-0.25, -0.2) is 4.79 Å². The summed E-state index contributed by atoms with van der Waals surface area (Å²) in [5.74, 6) is 1.93. The topological polar surface area (TPSA) is 41.6 Å². The summed E-state index contributed by atoms with van der Waals surface area (Å²) in [6, 6.07) is 0.142. The van der Waals surface area contributed by atoms with Crippen molar-refractivity contribution >= 4 is 17.8 Å². The minimum atomic E-state index is 0.142. The molecule has 3 aliphatic heterocycles. The molecule has 4 nitrogen and oxygen atoms in total. The molecule has 0 saturated carbocycles. The highest BCUT2D eigenvalue weighted by atomic mass is 32.2. The Bertz CT molecular complexity index is 320. The number of piperidine rings is 1. The first-order chi connectivity index (χ1) is 9.83. The SMILES string of the molecule is O=C(NC[C@H]1CCCS1)N1CCC([C@@H]2CCCO2)CC1. The highest BCUT2D eigenvalue weighted by Gasteiger charge is 2.31. The van der Waals surface area contributed by atoms with Crippen molar-refractivity contribution in [1.82, 2.24) is 10.2 Å². The lowest BCUT2D eigenvalue weighted by atomic mass is 9.90. The molecule has 0 aromatic carbocycles. The van der Waals surface area contributed by atoms with Crippen molar-refractivity contribution in [2.75, 3.05) is 32.0 Å². The first-order valence-corrected chi connectivity index (χ1v) is 9.14. The number of likely N-dealkylation sites (tertiary alicyclic amines) is 1. The molecular weight excluding hydrogens is 272 g/mol. The fourth-order valence-corrected chi connectivity index (χ4v) is 4.77. The summed E-state index contributed by atoms with van der Waals surface area (Å²) in [5, 5.41) is 3.76. The molecule has 0 unspecified atom stereocenters. The van der Waals surface area contributed by atoms with Crippen LogP contribution in [0.1, 0.15) is 38.5 Å². The van der Waals surface area contributed by atoms with Crippen LogP contribution in [0, 0.1) is 5.92 Å². The fourth-order valence-electron chi connectivity index (χ4n) is 3.57. The van der Waals surface area contributed by atoms with Gasteiger partial charge in [0.25, 0.3) is 0 Å². The quantitative estimate of drug-likeness (QED) is 0.870. The molecule has 20 heavy (non-hydrogen) atoms. The Labute approximate surface area is 126 Å². The zero-order chi connectivity index (χ0) is 13.8. The van der Waals surface area contributed by atoms with Crippen LogP contribution in [0.3, 0.4) is 0 Å². The minimum Gasteiger partial charge on any atom is -0.378 e. The monoisotopic (exact) mass is 298 g/mol. The van der Waals surface area contributed by atoms with Gasteiger partial charge in [0.1, 0.15) is 0 Å². The molecule has 5 heteroatoms. The van der Waals surface area contributed by atoms with E-state index in [1.807, 2.05) is 16.7 Å². The van der Waals surface area contributed by atoms with Crippen LogP contribution in [0.15, 0.2) is 0 Å². The Balaban J connectivity index is 1.37. The van der Waals surface area contributed by atoms with Gasteiger partial charge >= 0.3 is 6.03 Å². The summed E-state index contributed by atoms with van der Waals surface area (Å²) in [5.41, 5.74) is 0. The summed E-state index contributed by atoms with van der Waals surface area (Å²) >= 11 is 2.00. The van der Waals surface area contributed by atoms with E-state index < -0.39 is 0 Å². The average Bonchev–Trinajstić information content (AvgIpc) is 3.18. The van der Waals surface area contributed by atoms with Gasteiger partial charge in [-0.05, 0) is 50.2 Å². The van der Waals surface area contributed by atoms with Crippen LogP contribution < -0.4 is 5.32 Å². The zero-order valence-electron chi connectivity index (χ0n) is 12.2. The molecule has 3 fully saturated rings. The van der Waals surface area contributed by atoms with Crippen LogP contribution in [-0.4, -0.2) is 54.3 Å². The van der Waals surface area contributed by atoms with E-state index in [-0.39, 0.29) is 6.03 Å². The van der Waals surface area contributed by atoms with Crippen LogP contribution >= 0.6 is 11.8 Å². The smallest absolute Gasteiger partial charge is 0.317 e. The van der Waals surface area contributed by atoms with Gasteiger partial charge in [-0.15, -0.1) is 0 Å². The number of nitrogens with zero attached hydrogens (tertiary/aromatic N) is 1. The number of rotatable bonds is 3. The Kier molecular flexibility index (Phi) is 5.10. The number of hydrogen-bond acceptors (Lipinski definition) is 3.